The van der Waals surface area contributed by atoms with E-state index in [1.165, 1.54) is 12.0 Å². The van der Waals surface area contributed by atoms with Crippen molar-refractivity contribution in [1.82, 2.24) is 10.2 Å². The maximum absolute atomic E-state index is 3.71. The molecule has 1 N–H and O–H groups in total. The molecule has 0 amide bonds. The minimum atomic E-state index is 0.163. The third-order valence-electron chi connectivity index (χ3n) is 3.83. The highest BCUT2D eigenvalue weighted by Crippen LogP contribution is 2.33. The first-order valence-electron chi connectivity index (χ1n) is 6.49. The number of thiophene rings is 1. The minimum Gasteiger partial charge on any atom is -0.308 e. The average molecular weight is 254 g/mol. The number of hydrogen-bond acceptors (Lipinski definition) is 3. The monoisotopic (exact) mass is 254 g/mol. The van der Waals surface area contributed by atoms with Crippen molar-refractivity contribution in [3.63, 3.8) is 0 Å². The molecule has 0 saturated heterocycles. The number of likely N-dealkylation sites (N-methyl/N-ethyl adjacent to an activating group) is 1. The molecule has 0 aliphatic carbocycles. The molecule has 2 nitrogen and oxygen atoms in total. The molecule has 1 rings (SSSR count). The Labute approximate surface area is 110 Å². The van der Waals surface area contributed by atoms with E-state index in [0.29, 0.717) is 6.04 Å². The van der Waals surface area contributed by atoms with Crippen LogP contribution in [0.1, 0.15) is 45.2 Å². The maximum atomic E-state index is 3.71. The predicted molar refractivity (Wildman–Crippen MR) is 77.7 cm³/mol. The van der Waals surface area contributed by atoms with E-state index < -0.39 is 0 Å². The van der Waals surface area contributed by atoms with Crippen LogP contribution in [-0.2, 0) is 0 Å². The molecule has 0 fully saturated rings. The number of nitrogens with one attached hydrogen (secondary N) is 1. The maximum Gasteiger partial charge on any atom is 0.0512 e. The SMILES string of the molecule is CCCNC(c1ccsc1)C(C)(CC)N(C)C. The van der Waals surface area contributed by atoms with Crippen molar-refractivity contribution < 1.29 is 0 Å². The van der Waals surface area contributed by atoms with Crippen LogP contribution >= 0.6 is 11.3 Å². The smallest absolute Gasteiger partial charge is 0.0512 e. The standard InChI is InChI=1S/C14H26N2S/c1-6-9-15-13(12-8-10-17-11-12)14(3,7-2)16(4)5/h8,10-11,13,15H,6-7,9H2,1-5H3. The summed E-state index contributed by atoms with van der Waals surface area (Å²) in [6.45, 7) is 7.91. The average Bonchev–Trinajstić information content (AvgIpc) is 2.82. The van der Waals surface area contributed by atoms with Gasteiger partial charge >= 0.3 is 0 Å². The normalized spacial score (nSPS) is 17.1. The van der Waals surface area contributed by atoms with E-state index >= 15 is 0 Å². The molecule has 1 aromatic heterocycles. The Hall–Kier alpha value is -0.380. The van der Waals surface area contributed by atoms with E-state index in [1.807, 2.05) is 0 Å². The van der Waals surface area contributed by atoms with Crippen LogP contribution in [-0.4, -0.2) is 31.1 Å². The van der Waals surface area contributed by atoms with Gasteiger partial charge in [-0.3, -0.25) is 0 Å². The number of nitrogens with zero attached hydrogens (tertiary/aromatic N) is 1. The summed E-state index contributed by atoms with van der Waals surface area (Å²) in [5.74, 6) is 0. The summed E-state index contributed by atoms with van der Waals surface area (Å²) in [5, 5.41) is 8.15. The van der Waals surface area contributed by atoms with Crippen LogP contribution in [0.15, 0.2) is 16.8 Å². The van der Waals surface area contributed by atoms with Crippen molar-refractivity contribution in [2.45, 2.75) is 45.2 Å². The summed E-state index contributed by atoms with van der Waals surface area (Å²) in [6.07, 6.45) is 2.31. The molecule has 98 valence electrons. The Morgan fingerprint density at radius 2 is 2.12 bits per heavy atom. The van der Waals surface area contributed by atoms with Crippen molar-refractivity contribution in [3.8, 4) is 0 Å². The van der Waals surface area contributed by atoms with Gasteiger partial charge in [0.15, 0.2) is 0 Å². The van der Waals surface area contributed by atoms with E-state index in [9.17, 15) is 0 Å². The van der Waals surface area contributed by atoms with Crippen LogP contribution in [0.5, 0.6) is 0 Å². The van der Waals surface area contributed by atoms with Crippen LogP contribution in [0.4, 0.5) is 0 Å². The van der Waals surface area contributed by atoms with Gasteiger partial charge in [-0.25, -0.2) is 0 Å². The molecule has 0 saturated carbocycles. The van der Waals surface area contributed by atoms with E-state index in [1.54, 1.807) is 11.3 Å². The zero-order valence-electron chi connectivity index (χ0n) is 11.8. The number of rotatable bonds is 7. The first-order valence-corrected chi connectivity index (χ1v) is 7.43. The molecule has 0 aliphatic rings. The summed E-state index contributed by atoms with van der Waals surface area (Å²) in [6, 6.07) is 2.66. The highest BCUT2D eigenvalue weighted by atomic mass is 32.1. The van der Waals surface area contributed by atoms with Crippen LogP contribution in [0, 0.1) is 0 Å². The Balaban J connectivity index is 2.96. The fraction of sp³-hybridized carbons (Fsp3) is 0.714. The quantitative estimate of drug-likeness (QED) is 0.801. The molecule has 0 bridgehead atoms. The second kappa shape index (κ2) is 6.53. The van der Waals surface area contributed by atoms with Crippen molar-refractivity contribution >= 4 is 11.3 Å². The van der Waals surface area contributed by atoms with E-state index in [2.05, 4.69) is 61.9 Å². The lowest BCUT2D eigenvalue weighted by atomic mass is 9.84. The fourth-order valence-corrected chi connectivity index (χ4v) is 2.89. The van der Waals surface area contributed by atoms with Crippen LogP contribution in [0.2, 0.25) is 0 Å². The predicted octanol–water partition coefficient (Wildman–Crippen LogP) is 3.52. The van der Waals surface area contributed by atoms with Gasteiger partial charge in [0.1, 0.15) is 0 Å². The van der Waals surface area contributed by atoms with Gasteiger partial charge in [0.25, 0.3) is 0 Å². The van der Waals surface area contributed by atoms with Gasteiger partial charge in [0.05, 0.1) is 6.04 Å². The van der Waals surface area contributed by atoms with E-state index in [-0.39, 0.29) is 5.54 Å². The highest BCUT2D eigenvalue weighted by Gasteiger charge is 2.35. The van der Waals surface area contributed by atoms with Crippen LogP contribution in [0.25, 0.3) is 0 Å². The lowest BCUT2D eigenvalue weighted by Crippen LogP contribution is -2.51. The third-order valence-corrected chi connectivity index (χ3v) is 4.54. The van der Waals surface area contributed by atoms with Gasteiger partial charge in [0, 0.05) is 5.54 Å². The summed E-state index contributed by atoms with van der Waals surface area (Å²) in [7, 11) is 4.35. The molecular weight excluding hydrogens is 228 g/mol. The zero-order valence-corrected chi connectivity index (χ0v) is 12.6. The largest absolute Gasteiger partial charge is 0.308 e. The van der Waals surface area contributed by atoms with Gasteiger partial charge in [-0.2, -0.15) is 11.3 Å². The van der Waals surface area contributed by atoms with Gasteiger partial charge in [0.2, 0.25) is 0 Å². The first kappa shape index (κ1) is 14.7. The molecule has 0 spiro atoms. The van der Waals surface area contributed by atoms with Crippen molar-refractivity contribution in [3.05, 3.63) is 22.4 Å². The Kier molecular flexibility index (Phi) is 5.63. The summed E-state index contributed by atoms with van der Waals surface area (Å²) in [5.41, 5.74) is 1.58. The van der Waals surface area contributed by atoms with Gasteiger partial charge < -0.3 is 10.2 Å². The fourth-order valence-electron chi connectivity index (χ4n) is 2.20. The molecule has 2 unspecified atom stereocenters. The second-order valence-electron chi connectivity index (χ2n) is 5.05. The highest BCUT2D eigenvalue weighted by molar-refractivity contribution is 7.07. The molecule has 1 aromatic rings. The molecular formula is C14H26N2S. The lowest BCUT2D eigenvalue weighted by molar-refractivity contribution is 0.113. The molecule has 2 atom stereocenters. The minimum absolute atomic E-state index is 0.163. The zero-order chi connectivity index (χ0) is 12.9. The Morgan fingerprint density at radius 1 is 1.41 bits per heavy atom. The molecule has 0 aliphatic heterocycles. The van der Waals surface area contributed by atoms with E-state index in [0.717, 1.165) is 13.0 Å². The molecule has 17 heavy (non-hydrogen) atoms. The van der Waals surface area contributed by atoms with E-state index in [4.69, 9.17) is 0 Å². The number of hydrogen-bond donors (Lipinski definition) is 1. The van der Waals surface area contributed by atoms with Crippen molar-refractivity contribution in [2.24, 2.45) is 0 Å². The molecule has 0 radical (unpaired) electrons. The van der Waals surface area contributed by atoms with Gasteiger partial charge in [-0.15, -0.1) is 0 Å². The van der Waals surface area contributed by atoms with Gasteiger partial charge in [-0.1, -0.05) is 13.8 Å². The Morgan fingerprint density at radius 3 is 2.53 bits per heavy atom. The van der Waals surface area contributed by atoms with Crippen LogP contribution < -0.4 is 5.32 Å². The van der Waals surface area contributed by atoms with Crippen molar-refractivity contribution in [2.75, 3.05) is 20.6 Å². The summed E-state index contributed by atoms with van der Waals surface area (Å²) >= 11 is 1.78. The summed E-state index contributed by atoms with van der Waals surface area (Å²) < 4.78 is 0. The molecule has 0 aromatic carbocycles. The van der Waals surface area contributed by atoms with Crippen LogP contribution in [0.3, 0.4) is 0 Å². The third kappa shape index (κ3) is 3.30. The topological polar surface area (TPSA) is 15.3 Å². The van der Waals surface area contributed by atoms with Crippen molar-refractivity contribution in [1.29, 1.82) is 0 Å². The molecule has 3 heteroatoms. The van der Waals surface area contributed by atoms with Gasteiger partial charge in [-0.05, 0) is 62.8 Å². The summed E-state index contributed by atoms with van der Waals surface area (Å²) in [4.78, 5) is 2.35. The lowest BCUT2D eigenvalue weighted by Gasteiger charge is -2.43. The molecule has 1 heterocycles. The Bertz CT molecular complexity index is 308. The first-order chi connectivity index (χ1) is 8.06. The second-order valence-corrected chi connectivity index (χ2v) is 5.83.